The van der Waals surface area contributed by atoms with Crippen LogP contribution in [0.25, 0.3) is 0 Å². The molecular weight excluding hydrogens is 625 g/mol. The second-order valence-corrected chi connectivity index (χ2v) is 13.3. The van der Waals surface area contributed by atoms with Gasteiger partial charge in [-0.1, -0.05) is 134 Å². The minimum atomic E-state index is 0. The number of rotatable bonds is 20. The molecule has 4 nitrogen and oxygen atoms in total. The van der Waals surface area contributed by atoms with E-state index < -0.39 is 0 Å². The lowest BCUT2D eigenvalue weighted by Crippen LogP contribution is -2.12. The molecule has 280 valence electrons. The summed E-state index contributed by atoms with van der Waals surface area (Å²) in [5.74, 6) is 5.25. The average molecular weight is 713 g/mol. The molecular formula is C36H88O4S4. The van der Waals surface area contributed by atoms with Gasteiger partial charge in [0.2, 0.25) is 0 Å². The van der Waals surface area contributed by atoms with Gasteiger partial charge in [0.25, 0.3) is 0 Å². The van der Waals surface area contributed by atoms with Crippen molar-refractivity contribution in [1.29, 1.82) is 0 Å². The highest BCUT2D eigenvalue weighted by molar-refractivity contribution is 7.59. The first-order chi connectivity index (χ1) is 18.9. The fourth-order valence-corrected chi connectivity index (χ4v) is 4.90. The third-order valence-corrected chi connectivity index (χ3v) is 8.42. The Labute approximate surface area is 306 Å². The average Bonchev–Trinajstić information content (AvgIpc) is 2.90. The fraction of sp³-hybridized carbons (Fsp3) is 1.00. The van der Waals surface area contributed by atoms with Crippen molar-refractivity contribution in [2.75, 3.05) is 26.4 Å². The molecule has 0 aliphatic carbocycles. The zero-order valence-electron chi connectivity index (χ0n) is 31.7. The maximum Gasteiger partial charge on any atom is 0.0461 e. The van der Waals surface area contributed by atoms with E-state index in [0.29, 0.717) is 50.1 Å². The zero-order valence-corrected chi connectivity index (χ0v) is 35.7. The van der Waals surface area contributed by atoms with Crippen LogP contribution in [0.2, 0.25) is 0 Å². The Morgan fingerprint density at radius 1 is 0.341 bits per heavy atom. The molecule has 0 fully saturated rings. The molecule has 8 heteroatoms. The van der Waals surface area contributed by atoms with Gasteiger partial charge in [0, 0.05) is 26.4 Å². The lowest BCUT2D eigenvalue weighted by Gasteiger charge is -2.18. The maximum absolute atomic E-state index is 8.92. The third kappa shape index (κ3) is 45.4. The standard InChI is InChI=1S/C10H22O.2C9H20O.C8H18O.4H2S/c1-4-5-6-10(7-8-11)9(2)3;1-4-5-9(6-7-10)8(2)3;1-4-5-6-9(7-10)8(2)3;1-4-5-8(6-9)7(2)3;;;;/h9-11H,4-8H2,1-3H3;2*8-10H,4-7H2,1-3H3;7-9H,4-6H2,1-3H3;4*1H2/t10-;2*9-;8-;;;;/m0000..../s1. The lowest BCUT2D eigenvalue weighted by atomic mass is 9.88. The Kier molecular flexibility index (Phi) is 70.6. The van der Waals surface area contributed by atoms with Crippen molar-refractivity contribution in [2.24, 2.45) is 47.3 Å². The molecule has 4 atom stereocenters. The van der Waals surface area contributed by atoms with Crippen molar-refractivity contribution in [3.8, 4) is 0 Å². The van der Waals surface area contributed by atoms with Crippen LogP contribution in [-0.2, 0) is 0 Å². The first-order valence-corrected chi connectivity index (χ1v) is 17.3. The maximum atomic E-state index is 8.92. The van der Waals surface area contributed by atoms with E-state index in [0.717, 1.165) is 42.9 Å². The SMILES string of the molecule is CCCC[C@@H](CCO)C(C)C.CCCC[C@@H](CO)C(C)C.CCC[C@@H](CCO)C(C)C.CCC[C@@H](CO)C(C)C.S.S.S.S. The highest BCUT2D eigenvalue weighted by Crippen LogP contribution is 2.21. The van der Waals surface area contributed by atoms with Crippen LogP contribution in [0.3, 0.4) is 0 Å². The van der Waals surface area contributed by atoms with Crippen LogP contribution in [0.1, 0.15) is 160 Å². The highest BCUT2D eigenvalue weighted by Gasteiger charge is 2.12. The van der Waals surface area contributed by atoms with Gasteiger partial charge >= 0.3 is 0 Å². The summed E-state index contributed by atoms with van der Waals surface area (Å²) in [6.07, 6.45) is 14.4. The molecule has 0 radical (unpaired) electrons. The number of aliphatic hydroxyl groups is 4. The van der Waals surface area contributed by atoms with Gasteiger partial charge in [-0.25, -0.2) is 0 Å². The van der Waals surface area contributed by atoms with Crippen LogP contribution >= 0.6 is 54.0 Å². The van der Waals surface area contributed by atoms with Crippen molar-refractivity contribution in [2.45, 2.75) is 160 Å². The predicted molar refractivity (Wildman–Crippen MR) is 221 cm³/mol. The van der Waals surface area contributed by atoms with Gasteiger partial charge in [0.15, 0.2) is 0 Å². The molecule has 0 rings (SSSR count). The van der Waals surface area contributed by atoms with Gasteiger partial charge in [0.05, 0.1) is 0 Å². The predicted octanol–water partition coefficient (Wildman–Crippen LogP) is 10.2. The van der Waals surface area contributed by atoms with Crippen LogP contribution in [0, 0.1) is 47.3 Å². The fourth-order valence-electron chi connectivity index (χ4n) is 4.90. The number of aliphatic hydroxyl groups excluding tert-OH is 4. The summed E-state index contributed by atoms with van der Waals surface area (Å²) in [7, 11) is 0. The first kappa shape index (κ1) is 63.8. The van der Waals surface area contributed by atoms with E-state index in [1.165, 1.54) is 57.8 Å². The Hall–Kier alpha value is 1.24. The summed E-state index contributed by atoms with van der Waals surface area (Å²) in [6, 6.07) is 0. The van der Waals surface area contributed by atoms with Gasteiger partial charge in [-0.2, -0.15) is 54.0 Å². The molecule has 0 aromatic rings. The van der Waals surface area contributed by atoms with Crippen molar-refractivity contribution < 1.29 is 20.4 Å². The van der Waals surface area contributed by atoms with Crippen LogP contribution in [-0.4, -0.2) is 46.9 Å². The minimum absolute atomic E-state index is 0. The Morgan fingerprint density at radius 3 is 0.795 bits per heavy atom. The number of hydrogen-bond acceptors (Lipinski definition) is 4. The van der Waals surface area contributed by atoms with Crippen LogP contribution < -0.4 is 0 Å². The van der Waals surface area contributed by atoms with E-state index in [-0.39, 0.29) is 54.0 Å². The number of hydrogen-bond donors (Lipinski definition) is 4. The van der Waals surface area contributed by atoms with Crippen molar-refractivity contribution in [3.63, 3.8) is 0 Å². The second-order valence-electron chi connectivity index (χ2n) is 13.3. The summed E-state index contributed by atoms with van der Waals surface area (Å²) in [4.78, 5) is 0. The molecule has 0 saturated carbocycles. The van der Waals surface area contributed by atoms with Gasteiger partial charge in [-0.05, 0) is 73.0 Å². The topological polar surface area (TPSA) is 80.9 Å². The lowest BCUT2D eigenvalue weighted by molar-refractivity contribution is 0.179. The smallest absolute Gasteiger partial charge is 0.0461 e. The first-order valence-electron chi connectivity index (χ1n) is 17.3. The van der Waals surface area contributed by atoms with E-state index in [4.69, 9.17) is 20.4 Å². The van der Waals surface area contributed by atoms with Gasteiger partial charge < -0.3 is 20.4 Å². The summed E-state index contributed by atoms with van der Waals surface area (Å²) in [6.45, 7) is 27.8. The van der Waals surface area contributed by atoms with Crippen LogP contribution in [0.5, 0.6) is 0 Å². The summed E-state index contributed by atoms with van der Waals surface area (Å²) >= 11 is 0. The van der Waals surface area contributed by atoms with Gasteiger partial charge in [0.1, 0.15) is 0 Å². The van der Waals surface area contributed by atoms with E-state index in [2.05, 4.69) is 83.1 Å². The van der Waals surface area contributed by atoms with Gasteiger partial charge in [-0.3, -0.25) is 0 Å². The molecule has 0 aromatic carbocycles. The molecule has 0 aromatic heterocycles. The molecule has 0 aliphatic heterocycles. The minimum Gasteiger partial charge on any atom is -0.396 e. The Bertz CT molecular complexity index is 450. The summed E-state index contributed by atoms with van der Waals surface area (Å²) in [5.41, 5.74) is 0. The van der Waals surface area contributed by atoms with Crippen molar-refractivity contribution in [1.82, 2.24) is 0 Å². The van der Waals surface area contributed by atoms with E-state index >= 15 is 0 Å². The third-order valence-electron chi connectivity index (χ3n) is 8.42. The second kappa shape index (κ2) is 48.6. The Balaban J connectivity index is -0.0000000637. The number of unbranched alkanes of at least 4 members (excludes halogenated alkanes) is 2. The van der Waals surface area contributed by atoms with Crippen molar-refractivity contribution >= 4 is 54.0 Å². The van der Waals surface area contributed by atoms with E-state index in [1.807, 2.05) is 0 Å². The molecule has 4 N–H and O–H groups in total. The Morgan fingerprint density at radius 2 is 0.591 bits per heavy atom. The van der Waals surface area contributed by atoms with Crippen LogP contribution in [0.15, 0.2) is 0 Å². The largest absolute Gasteiger partial charge is 0.396 e. The van der Waals surface area contributed by atoms with E-state index in [1.54, 1.807) is 0 Å². The molecule has 0 bridgehead atoms. The quantitative estimate of drug-likeness (QED) is 0.101. The molecule has 0 saturated heterocycles. The molecule has 0 amide bonds. The normalized spacial score (nSPS) is 12.8. The molecule has 0 spiro atoms. The zero-order chi connectivity index (χ0) is 31.9. The molecule has 0 aliphatic rings. The van der Waals surface area contributed by atoms with E-state index in [9.17, 15) is 0 Å². The summed E-state index contributed by atoms with van der Waals surface area (Å²) < 4.78 is 0. The highest BCUT2D eigenvalue weighted by atomic mass is 32.1. The van der Waals surface area contributed by atoms with Crippen molar-refractivity contribution in [3.05, 3.63) is 0 Å². The molecule has 0 unspecified atom stereocenters. The molecule has 44 heavy (non-hydrogen) atoms. The van der Waals surface area contributed by atoms with Crippen LogP contribution in [0.4, 0.5) is 0 Å². The van der Waals surface area contributed by atoms with Gasteiger partial charge in [-0.15, -0.1) is 0 Å². The monoisotopic (exact) mass is 713 g/mol. The molecule has 0 heterocycles. The summed E-state index contributed by atoms with van der Waals surface area (Å²) in [5, 5.41) is 35.2.